The molecule has 0 spiro atoms. The zero-order valence-electron chi connectivity index (χ0n) is 12.3. The highest BCUT2D eigenvalue weighted by Crippen LogP contribution is 2.21. The van der Waals surface area contributed by atoms with Crippen molar-refractivity contribution in [2.45, 2.75) is 37.1 Å². The van der Waals surface area contributed by atoms with Crippen molar-refractivity contribution in [3.8, 4) is 0 Å². The highest BCUT2D eigenvalue weighted by molar-refractivity contribution is 7.91. The van der Waals surface area contributed by atoms with Gasteiger partial charge >= 0.3 is 0 Å². The molecule has 0 fully saturated rings. The molecule has 4 N–H and O–H groups in total. The largest absolute Gasteiger partial charge is 0.350 e. The molecule has 0 radical (unpaired) electrons. The topological polar surface area (TPSA) is 101 Å². The average Bonchev–Trinajstić information content (AvgIpc) is 2.84. The van der Waals surface area contributed by atoms with E-state index < -0.39 is 16.1 Å². The Kier molecular flexibility index (Phi) is 8.42. The predicted molar refractivity (Wildman–Crippen MR) is 87.1 cm³/mol. The summed E-state index contributed by atoms with van der Waals surface area (Å²) in [5, 5.41) is 2.72. The number of thiophene rings is 1. The minimum Gasteiger partial charge on any atom is -0.350 e. The van der Waals surface area contributed by atoms with Gasteiger partial charge in [-0.1, -0.05) is 13.8 Å². The van der Waals surface area contributed by atoms with Gasteiger partial charge in [0.15, 0.2) is 0 Å². The Hall–Kier alpha value is -0.670. The van der Waals surface area contributed by atoms with E-state index in [9.17, 15) is 13.2 Å². The third kappa shape index (κ3) is 6.31. The summed E-state index contributed by atoms with van der Waals surface area (Å²) in [5.74, 6) is 0.134. The lowest BCUT2D eigenvalue weighted by molar-refractivity contribution is -0.122. The van der Waals surface area contributed by atoms with E-state index in [4.69, 9.17) is 5.73 Å². The van der Waals surface area contributed by atoms with Crippen molar-refractivity contribution in [3.05, 3.63) is 17.0 Å². The van der Waals surface area contributed by atoms with Crippen molar-refractivity contribution in [3.63, 3.8) is 0 Å². The summed E-state index contributed by atoms with van der Waals surface area (Å²) in [6.45, 7) is 4.29. The number of amides is 1. The SMILES string of the molecule is CNS(=O)(=O)c1ccc(CNC(=O)[C@@H](N)CC(C)C)s1.Cl. The number of carbonyl (C=O) groups excluding carboxylic acids is 1. The van der Waals surface area contributed by atoms with Crippen LogP contribution in [0, 0.1) is 5.92 Å². The lowest BCUT2D eigenvalue weighted by Crippen LogP contribution is -2.40. The molecule has 1 atom stereocenters. The molecule has 0 bridgehead atoms. The van der Waals surface area contributed by atoms with Crippen LogP contribution in [0.1, 0.15) is 25.1 Å². The predicted octanol–water partition coefficient (Wildman–Crippen LogP) is 1.07. The molecular weight excluding hydrogens is 334 g/mol. The Labute approximate surface area is 136 Å². The molecule has 0 aromatic carbocycles. The molecular formula is C12H22ClN3O3S2. The van der Waals surface area contributed by atoms with Gasteiger partial charge in [-0.15, -0.1) is 23.7 Å². The molecule has 1 aromatic rings. The van der Waals surface area contributed by atoms with E-state index in [2.05, 4.69) is 10.0 Å². The summed E-state index contributed by atoms with van der Waals surface area (Å²) in [6, 6.07) is 2.67. The molecule has 0 aliphatic rings. The summed E-state index contributed by atoms with van der Waals surface area (Å²) in [5.41, 5.74) is 5.76. The van der Waals surface area contributed by atoms with E-state index in [1.807, 2.05) is 13.8 Å². The fraction of sp³-hybridized carbons (Fsp3) is 0.583. The van der Waals surface area contributed by atoms with Gasteiger partial charge in [-0.05, 0) is 31.5 Å². The lowest BCUT2D eigenvalue weighted by Gasteiger charge is -2.13. The Bertz CT molecular complexity index is 558. The van der Waals surface area contributed by atoms with Crippen molar-refractivity contribution in [2.24, 2.45) is 11.7 Å². The first-order valence-electron chi connectivity index (χ1n) is 6.31. The van der Waals surface area contributed by atoms with Crippen LogP contribution in [0.3, 0.4) is 0 Å². The van der Waals surface area contributed by atoms with E-state index in [0.717, 1.165) is 16.2 Å². The number of rotatable bonds is 7. The smallest absolute Gasteiger partial charge is 0.249 e. The summed E-state index contributed by atoms with van der Waals surface area (Å²) < 4.78 is 25.6. The van der Waals surface area contributed by atoms with Gasteiger partial charge in [-0.3, -0.25) is 4.79 Å². The van der Waals surface area contributed by atoms with E-state index in [-0.39, 0.29) is 29.1 Å². The van der Waals surface area contributed by atoms with Gasteiger partial charge in [-0.2, -0.15) is 0 Å². The highest BCUT2D eigenvalue weighted by atomic mass is 35.5. The Morgan fingerprint density at radius 1 is 1.38 bits per heavy atom. The van der Waals surface area contributed by atoms with Crippen molar-refractivity contribution in [1.29, 1.82) is 0 Å². The molecule has 0 saturated heterocycles. The number of nitrogens with one attached hydrogen (secondary N) is 2. The first-order valence-corrected chi connectivity index (χ1v) is 8.61. The van der Waals surface area contributed by atoms with E-state index in [0.29, 0.717) is 12.3 Å². The van der Waals surface area contributed by atoms with Crippen LogP contribution in [0.4, 0.5) is 0 Å². The molecule has 1 aromatic heterocycles. The van der Waals surface area contributed by atoms with Crippen LogP contribution in [0.25, 0.3) is 0 Å². The standard InChI is InChI=1S/C12H21N3O3S2.ClH/c1-8(2)6-10(13)12(16)15-7-9-4-5-11(19-9)20(17,18)14-3;/h4-5,8,10,14H,6-7,13H2,1-3H3,(H,15,16);1H/t10-;/m0./s1. The molecule has 9 heteroatoms. The van der Waals surface area contributed by atoms with Crippen LogP contribution < -0.4 is 15.8 Å². The maximum Gasteiger partial charge on any atom is 0.249 e. The second-order valence-corrected chi connectivity index (χ2v) is 8.16. The monoisotopic (exact) mass is 355 g/mol. The fourth-order valence-corrected chi connectivity index (χ4v) is 3.75. The van der Waals surface area contributed by atoms with Gasteiger partial charge < -0.3 is 11.1 Å². The lowest BCUT2D eigenvalue weighted by atomic mass is 10.0. The normalized spacial score (nSPS) is 12.8. The number of halogens is 1. The molecule has 6 nitrogen and oxygen atoms in total. The fourth-order valence-electron chi connectivity index (χ4n) is 1.62. The van der Waals surface area contributed by atoms with Crippen molar-refractivity contribution < 1.29 is 13.2 Å². The quantitative estimate of drug-likeness (QED) is 0.680. The molecule has 0 aliphatic heterocycles. The van der Waals surface area contributed by atoms with Crippen LogP contribution in [0.2, 0.25) is 0 Å². The Morgan fingerprint density at radius 3 is 2.52 bits per heavy atom. The number of hydrogen-bond acceptors (Lipinski definition) is 5. The maximum absolute atomic E-state index is 11.7. The molecule has 1 amide bonds. The zero-order valence-corrected chi connectivity index (χ0v) is 14.7. The Balaban J connectivity index is 0.00000400. The van der Waals surface area contributed by atoms with Gasteiger partial charge in [0.25, 0.3) is 0 Å². The minimum atomic E-state index is -3.42. The van der Waals surface area contributed by atoms with Crippen molar-refractivity contribution in [2.75, 3.05) is 7.05 Å². The van der Waals surface area contributed by atoms with Gasteiger partial charge in [0.2, 0.25) is 15.9 Å². The second-order valence-electron chi connectivity index (χ2n) is 4.88. The van der Waals surface area contributed by atoms with Crippen molar-refractivity contribution >= 4 is 39.7 Å². The minimum absolute atomic E-state index is 0. The molecule has 1 heterocycles. The van der Waals surface area contributed by atoms with Crippen LogP contribution in [-0.2, 0) is 21.4 Å². The number of hydrogen-bond donors (Lipinski definition) is 3. The van der Waals surface area contributed by atoms with E-state index >= 15 is 0 Å². The number of carbonyl (C=O) groups is 1. The summed E-state index contributed by atoms with van der Waals surface area (Å²) in [4.78, 5) is 12.5. The summed E-state index contributed by atoms with van der Waals surface area (Å²) >= 11 is 1.13. The number of sulfonamides is 1. The third-order valence-electron chi connectivity index (χ3n) is 2.67. The van der Waals surface area contributed by atoms with Crippen LogP contribution in [0.15, 0.2) is 16.3 Å². The molecule has 0 aliphatic carbocycles. The third-order valence-corrected chi connectivity index (χ3v) is 5.66. The van der Waals surface area contributed by atoms with Crippen LogP contribution in [0.5, 0.6) is 0 Å². The molecule has 0 saturated carbocycles. The summed E-state index contributed by atoms with van der Waals surface area (Å²) in [7, 11) is -2.05. The van der Waals surface area contributed by atoms with Crippen molar-refractivity contribution in [1.82, 2.24) is 10.0 Å². The first kappa shape index (κ1) is 20.3. The summed E-state index contributed by atoms with van der Waals surface area (Å²) in [6.07, 6.45) is 0.621. The highest BCUT2D eigenvalue weighted by Gasteiger charge is 2.17. The van der Waals surface area contributed by atoms with Gasteiger partial charge in [0.05, 0.1) is 12.6 Å². The molecule has 1 rings (SSSR count). The average molecular weight is 356 g/mol. The molecule has 122 valence electrons. The molecule has 0 unspecified atom stereocenters. The van der Waals surface area contributed by atoms with Gasteiger partial charge in [-0.25, -0.2) is 13.1 Å². The van der Waals surface area contributed by atoms with Crippen LogP contribution in [-0.4, -0.2) is 27.4 Å². The maximum atomic E-state index is 11.7. The van der Waals surface area contributed by atoms with Gasteiger partial charge in [0.1, 0.15) is 4.21 Å². The Morgan fingerprint density at radius 2 is 2.00 bits per heavy atom. The second kappa shape index (κ2) is 8.70. The zero-order chi connectivity index (χ0) is 15.3. The first-order chi connectivity index (χ1) is 9.26. The van der Waals surface area contributed by atoms with Crippen LogP contribution >= 0.6 is 23.7 Å². The molecule has 21 heavy (non-hydrogen) atoms. The van der Waals surface area contributed by atoms with Gasteiger partial charge in [0, 0.05) is 4.88 Å². The van der Waals surface area contributed by atoms with E-state index in [1.54, 1.807) is 6.07 Å². The number of nitrogens with two attached hydrogens (primary N) is 1. The van der Waals surface area contributed by atoms with E-state index in [1.165, 1.54) is 13.1 Å².